The quantitative estimate of drug-likeness (QED) is 0.729. The highest BCUT2D eigenvalue weighted by molar-refractivity contribution is 5.41. The molecule has 1 aliphatic heterocycles. The minimum absolute atomic E-state index is 0.0265. The van der Waals surface area contributed by atoms with Crippen molar-refractivity contribution >= 4 is 0 Å². The minimum Gasteiger partial charge on any atom is -0.504 e. The first-order valence-electron chi connectivity index (χ1n) is 7.04. The lowest BCUT2D eigenvalue weighted by molar-refractivity contribution is 0.154. The third-order valence-corrected chi connectivity index (χ3v) is 3.67. The standard InChI is InChI=1S/C15H24N2O2/c1-11(2)9-13(17-7-5-16-6-8-17)12-3-4-14(18)15(19)10-12/h3-4,10-11,13,16,18-19H,5-9H2,1-2H3/t13-/m0/s1. The summed E-state index contributed by atoms with van der Waals surface area (Å²) in [7, 11) is 0. The van der Waals surface area contributed by atoms with Gasteiger partial charge in [-0.15, -0.1) is 0 Å². The lowest BCUT2D eigenvalue weighted by Crippen LogP contribution is -2.45. The normalized spacial score (nSPS) is 18.7. The Balaban J connectivity index is 2.22. The van der Waals surface area contributed by atoms with Crippen LogP contribution in [0.4, 0.5) is 0 Å². The van der Waals surface area contributed by atoms with E-state index in [1.807, 2.05) is 6.07 Å². The van der Waals surface area contributed by atoms with Crippen LogP contribution in [0.3, 0.4) is 0 Å². The molecule has 1 aliphatic rings. The van der Waals surface area contributed by atoms with Gasteiger partial charge in [0.2, 0.25) is 0 Å². The van der Waals surface area contributed by atoms with Crippen molar-refractivity contribution in [3.8, 4) is 11.5 Å². The lowest BCUT2D eigenvalue weighted by Gasteiger charge is -2.36. The van der Waals surface area contributed by atoms with Crippen LogP contribution >= 0.6 is 0 Å². The molecular weight excluding hydrogens is 240 g/mol. The van der Waals surface area contributed by atoms with Gasteiger partial charge in [0.25, 0.3) is 0 Å². The van der Waals surface area contributed by atoms with Crippen LogP contribution < -0.4 is 5.32 Å². The largest absolute Gasteiger partial charge is 0.504 e. The molecule has 19 heavy (non-hydrogen) atoms. The number of nitrogens with zero attached hydrogens (tertiary/aromatic N) is 1. The number of benzene rings is 1. The van der Waals surface area contributed by atoms with Gasteiger partial charge < -0.3 is 15.5 Å². The zero-order valence-corrected chi connectivity index (χ0v) is 11.8. The van der Waals surface area contributed by atoms with Crippen LogP contribution in [0.1, 0.15) is 31.9 Å². The fraction of sp³-hybridized carbons (Fsp3) is 0.600. The Labute approximate surface area is 115 Å². The number of aromatic hydroxyl groups is 2. The van der Waals surface area contributed by atoms with Crippen molar-refractivity contribution in [2.24, 2.45) is 5.92 Å². The molecule has 4 nitrogen and oxygen atoms in total. The highest BCUT2D eigenvalue weighted by Crippen LogP contribution is 2.33. The highest BCUT2D eigenvalue weighted by atomic mass is 16.3. The van der Waals surface area contributed by atoms with Crippen LogP contribution in [-0.2, 0) is 0 Å². The van der Waals surface area contributed by atoms with Crippen LogP contribution in [0.5, 0.6) is 11.5 Å². The number of phenols is 2. The van der Waals surface area contributed by atoms with Crippen molar-refractivity contribution in [3.63, 3.8) is 0 Å². The molecule has 1 fully saturated rings. The third-order valence-electron chi connectivity index (χ3n) is 3.67. The maximum Gasteiger partial charge on any atom is 0.157 e. The fourth-order valence-corrected chi connectivity index (χ4v) is 2.68. The average Bonchev–Trinajstić information content (AvgIpc) is 2.40. The average molecular weight is 264 g/mol. The smallest absolute Gasteiger partial charge is 0.157 e. The van der Waals surface area contributed by atoms with Crippen molar-refractivity contribution in [3.05, 3.63) is 23.8 Å². The highest BCUT2D eigenvalue weighted by Gasteiger charge is 2.23. The van der Waals surface area contributed by atoms with E-state index < -0.39 is 0 Å². The van der Waals surface area contributed by atoms with E-state index in [9.17, 15) is 10.2 Å². The molecule has 4 heteroatoms. The zero-order valence-electron chi connectivity index (χ0n) is 11.8. The summed E-state index contributed by atoms with van der Waals surface area (Å²) in [5.74, 6) is 0.518. The second kappa shape index (κ2) is 6.26. The van der Waals surface area contributed by atoms with Gasteiger partial charge in [0.05, 0.1) is 0 Å². The number of hydrogen-bond acceptors (Lipinski definition) is 4. The van der Waals surface area contributed by atoms with Crippen LogP contribution in [0.15, 0.2) is 18.2 Å². The predicted octanol–water partition coefficient (Wildman–Crippen LogP) is 2.09. The maximum atomic E-state index is 9.70. The van der Waals surface area contributed by atoms with Crippen molar-refractivity contribution in [2.45, 2.75) is 26.3 Å². The summed E-state index contributed by atoms with van der Waals surface area (Å²) in [4.78, 5) is 2.46. The molecule has 0 saturated carbocycles. The first kappa shape index (κ1) is 14.2. The molecule has 3 N–H and O–H groups in total. The molecule has 0 bridgehead atoms. The molecule has 106 valence electrons. The molecule has 1 aromatic rings. The SMILES string of the molecule is CC(C)C[C@@H](c1ccc(O)c(O)c1)N1CCNCC1. The van der Waals surface area contributed by atoms with Crippen LogP contribution in [0.2, 0.25) is 0 Å². The summed E-state index contributed by atoms with van der Waals surface area (Å²) in [6.45, 7) is 8.51. The van der Waals surface area contributed by atoms with Gasteiger partial charge in [0, 0.05) is 32.2 Å². The molecule has 1 aromatic carbocycles. The molecule has 0 aliphatic carbocycles. The summed E-state index contributed by atoms with van der Waals surface area (Å²) in [5.41, 5.74) is 1.09. The van der Waals surface area contributed by atoms with Crippen molar-refractivity contribution < 1.29 is 10.2 Å². The molecule has 0 unspecified atom stereocenters. The van der Waals surface area contributed by atoms with E-state index in [0.717, 1.165) is 38.2 Å². The Kier molecular flexibility index (Phi) is 4.66. The zero-order chi connectivity index (χ0) is 13.8. The Morgan fingerprint density at radius 3 is 2.42 bits per heavy atom. The second-order valence-corrected chi connectivity index (χ2v) is 5.68. The van der Waals surface area contributed by atoms with E-state index >= 15 is 0 Å². The number of piperazine rings is 1. The van der Waals surface area contributed by atoms with E-state index in [1.165, 1.54) is 0 Å². The first-order chi connectivity index (χ1) is 9.08. The minimum atomic E-state index is -0.0487. The van der Waals surface area contributed by atoms with E-state index in [-0.39, 0.29) is 11.5 Å². The molecule has 1 atom stereocenters. The molecule has 2 rings (SSSR count). The molecule has 0 spiro atoms. The maximum absolute atomic E-state index is 9.70. The van der Waals surface area contributed by atoms with E-state index in [1.54, 1.807) is 12.1 Å². The Morgan fingerprint density at radius 2 is 1.84 bits per heavy atom. The Bertz CT molecular complexity index is 415. The van der Waals surface area contributed by atoms with Gasteiger partial charge in [-0.05, 0) is 30.0 Å². The lowest BCUT2D eigenvalue weighted by atomic mass is 9.94. The van der Waals surface area contributed by atoms with E-state index in [2.05, 4.69) is 24.1 Å². The number of hydrogen-bond donors (Lipinski definition) is 3. The van der Waals surface area contributed by atoms with Crippen molar-refractivity contribution in [1.82, 2.24) is 10.2 Å². The van der Waals surface area contributed by atoms with Gasteiger partial charge >= 0.3 is 0 Å². The Hall–Kier alpha value is -1.26. The van der Waals surface area contributed by atoms with E-state index in [4.69, 9.17) is 0 Å². The molecule has 0 aromatic heterocycles. The summed E-state index contributed by atoms with van der Waals surface area (Å²) in [6, 6.07) is 5.52. The van der Waals surface area contributed by atoms with Gasteiger partial charge in [-0.2, -0.15) is 0 Å². The predicted molar refractivity (Wildman–Crippen MR) is 76.4 cm³/mol. The summed E-state index contributed by atoms with van der Waals surface area (Å²) >= 11 is 0. The fourth-order valence-electron chi connectivity index (χ4n) is 2.68. The van der Waals surface area contributed by atoms with E-state index in [0.29, 0.717) is 12.0 Å². The van der Waals surface area contributed by atoms with Crippen LogP contribution in [0.25, 0.3) is 0 Å². The molecule has 1 saturated heterocycles. The molecular formula is C15H24N2O2. The number of nitrogens with one attached hydrogen (secondary N) is 1. The summed E-state index contributed by atoms with van der Waals surface area (Å²) in [5, 5.41) is 22.5. The molecule has 1 heterocycles. The number of phenolic OH excluding ortho intramolecular Hbond substituents is 2. The van der Waals surface area contributed by atoms with Crippen molar-refractivity contribution in [2.75, 3.05) is 26.2 Å². The van der Waals surface area contributed by atoms with Gasteiger partial charge in [0.15, 0.2) is 11.5 Å². The van der Waals surface area contributed by atoms with Crippen LogP contribution in [-0.4, -0.2) is 41.3 Å². The first-order valence-corrected chi connectivity index (χ1v) is 7.04. The summed E-state index contributed by atoms with van der Waals surface area (Å²) in [6.07, 6.45) is 1.06. The summed E-state index contributed by atoms with van der Waals surface area (Å²) < 4.78 is 0. The topological polar surface area (TPSA) is 55.7 Å². The third kappa shape index (κ3) is 3.61. The second-order valence-electron chi connectivity index (χ2n) is 5.68. The van der Waals surface area contributed by atoms with Crippen molar-refractivity contribution in [1.29, 1.82) is 0 Å². The number of rotatable bonds is 4. The monoisotopic (exact) mass is 264 g/mol. The van der Waals surface area contributed by atoms with Crippen LogP contribution in [0, 0.1) is 5.92 Å². The van der Waals surface area contributed by atoms with Gasteiger partial charge in [-0.3, -0.25) is 4.90 Å². The molecule has 0 amide bonds. The van der Waals surface area contributed by atoms with Gasteiger partial charge in [-0.1, -0.05) is 19.9 Å². The Morgan fingerprint density at radius 1 is 1.16 bits per heavy atom. The molecule has 0 radical (unpaired) electrons. The van der Waals surface area contributed by atoms with Gasteiger partial charge in [0.1, 0.15) is 0 Å². The van der Waals surface area contributed by atoms with Gasteiger partial charge in [-0.25, -0.2) is 0 Å².